The Morgan fingerprint density at radius 2 is 1.12 bits per heavy atom. The van der Waals surface area contributed by atoms with Crippen molar-refractivity contribution < 1.29 is 4.79 Å². The Kier molecular flexibility index (Phi) is 5.55. The molecule has 4 nitrogen and oxygen atoms in total. The van der Waals surface area contributed by atoms with Crippen LogP contribution < -0.4 is 15.6 Å². The molecule has 1 aromatic heterocycles. The van der Waals surface area contributed by atoms with Crippen LogP contribution >= 0.6 is 0 Å². The van der Waals surface area contributed by atoms with E-state index in [-0.39, 0.29) is 5.41 Å². The van der Waals surface area contributed by atoms with E-state index in [1.807, 2.05) is 85.8 Å². The van der Waals surface area contributed by atoms with Crippen LogP contribution in [0.3, 0.4) is 0 Å². The zero-order chi connectivity index (χ0) is 22.7. The minimum atomic E-state index is -3.12. The molecule has 0 aliphatic rings. The topological polar surface area (TPSA) is 47.8 Å². The maximum Gasteiger partial charge on any atom is 0.232 e. The van der Waals surface area contributed by atoms with Crippen molar-refractivity contribution >= 4 is 29.0 Å². The van der Waals surface area contributed by atoms with E-state index in [0.29, 0.717) is 5.69 Å². The maximum absolute atomic E-state index is 14.5. The van der Waals surface area contributed by atoms with Gasteiger partial charge in [0.1, 0.15) is 5.69 Å². The van der Waals surface area contributed by atoms with E-state index >= 15 is 0 Å². The second-order valence-electron chi connectivity index (χ2n) is 8.06. The predicted octanol–water partition coefficient (Wildman–Crippen LogP) is 3.47. The van der Waals surface area contributed by atoms with Gasteiger partial charge < -0.3 is 0 Å². The van der Waals surface area contributed by atoms with Crippen molar-refractivity contribution in [1.29, 1.82) is 0 Å². The van der Waals surface area contributed by atoms with Crippen molar-refractivity contribution in [1.82, 2.24) is 15.0 Å². The summed E-state index contributed by atoms with van der Waals surface area (Å²) >= 11 is 0. The summed E-state index contributed by atoms with van der Waals surface area (Å²) in [6.07, 6.45) is 1.75. The van der Waals surface area contributed by atoms with Gasteiger partial charge in [-0.05, 0) is 34.6 Å². The summed E-state index contributed by atoms with van der Waals surface area (Å²) in [5.41, 5.74) is 2.41. The van der Waals surface area contributed by atoms with Crippen molar-refractivity contribution in [2.45, 2.75) is 6.92 Å². The lowest BCUT2D eigenvalue weighted by atomic mass is 10.2. The molecular weight excluding hydrogens is 422 g/mol. The van der Waals surface area contributed by atoms with Crippen LogP contribution in [0.4, 0.5) is 0 Å². The van der Waals surface area contributed by atoms with E-state index in [4.69, 9.17) is 0 Å². The van der Waals surface area contributed by atoms with Crippen molar-refractivity contribution in [3.63, 3.8) is 0 Å². The molecule has 0 bridgehead atoms. The molecule has 0 spiro atoms. The van der Waals surface area contributed by atoms with E-state index < -0.39 is 8.07 Å². The average molecular weight is 446 g/mol. The average Bonchev–Trinajstić information content (AvgIpc) is 3.37. The third kappa shape index (κ3) is 3.73. The van der Waals surface area contributed by atoms with Gasteiger partial charge in [0.15, 0.2) is 5.41 Å². The molecule has 0 saturated heterocycles. The van der Waals surface area contributed by atoms with Crippen LogP contribution in [0.15, 0.2) is 121 Å². The molecule has 0 aliphatic heterocycles. The molecule has 4 aromatic carbocycles. The van der Waals surface area contributed by atoms with Gasteiger partial charge in [-0.3, -0.25) is 4.79 Å². The Labute approximate surface area is 194 Å². The molecule has 0 atom stereocenters. The molecule has 0 saturated carbocycles. The van der Waals surface area contributed by atoms with Gasteiger partial charge in [0, 0.05) is 0 Å². The van der Waals surface area contributed by atoms with Gasteiger partial charge in [-0.25, -0.2) is 4.68 Å². The van der Waals surface area contributed by atoms with Gasteiger partial charge >= 0.3 is 0 Å². The third-order valence-electron chi connectivity index (χ3n) is 5.99. The zero-order valence-electron chi connectivity index (χ0n) is 18.3. The minimum absolute atomic E-state index is 0.0180. The molecule has 1 heterocycles. The number of hydrogen-bond donors (Lipinski definition) is 0. The maximum atomic E-state index is 14.5. The normalized spacial score (nSPS) is 11.3. The highest BCUT2D eigenvalue weighted by Crippen LogP contribution is 2.15. The van der Waals surface area contributed by atoms with E-state index in [9.17, 15) is 4.79 Å². The molecule has 0 unspecified atom stereocenters. The summed E-state index contributed by atoms with van der Waals surface area (Å²) in [6.45, 7) is 2.04. The monoisotopic (exact) mass is 445 g/mol. The number of nitrogens with zero attached hydrogens (tertiary/aromatic N) is 3. The van der Waals surface area contributed by atoms with Gasteiger partial charge in [-0.1, -0.05) is 114 Å². The van der Waals surface area contributed by atoms with E-state index in [1.54, 1.807) is 10.9 Å². The number of rotatable bonds is 6. The lowest BCUT2D eigenvalue weighted by Crippen LogP contribution is -2.72. The van der Waals surface area contributed by atoms with Crippen LogP contribution in [0.5, 0.6) is 0 Å². The second-order valence-corrected chi connectivity index (χ2v) is 11.7. The van der Waals surface area contributed by atoms with Crippen molar-refractivity contribution in [3.05, 3.63) is 133 Å². The number of carbonyl (C=O) groups is 1. The molecule has 0 amide bonds. The van der Waals surface area contributed by atoms with Crippen LogP contribution in [0.1, 0.15) is 16.1 Å². The Bertz CT molecular complexity index is 1270. The van der Waals surface area contributed by atoms with Gasteiger partial charge in [0.2, 0.25) is 8.07 Å². The number of benzene rings is 4. The summed E-state index contributed by atoms with van der Waals surface area (Å²) < 4.78 is 1.67. The Morgan fingerprint density at radius 3 is 1.58 bits per heavy atom. The highest BCUT2D eigenvalue weighted by molar-refractivity contribution is 7.31. The lowest BCUT2D eigenvalue weighted by molar-refractivity contribution is 0.106. The minimum Gasteiger partial charge on any atom is -0.297 e. The number of aryl methyl sites for hydroxylation is 1. The molecule has 5 rings (SSSR count). The fourth-order valence-corrected chi connectivity index (χ4v) is 8.70. The van der Waals surface area contributed by atoms with Crippen LogP contribution in [-0.4, -0.2) is 28.5 Å². The highest BCUT2D eigenvalue weighted by Gasteiger charge is 2.48. The van der Waals surface area contributed by atoms with E-state index in [1.165, 1.54) is 5.56 Å². The van der Waals surface area contributed by atoms with Crippen LogP contribution in [0.25, 0.3) is 5.69 Å². The van der Waals surface area contributed by atoms with E-state index in [2.05, 4.69) is 46.7 Å². The molecule has 0 aliphatic carbocycles. The highest BCUT2D eigenvalue weighted by atomic mass is 28.3. The number of carbonyl (C=O) groups excluding carboxylic acids is 1. The summed E-state index contributed by atoms with van der Waals surface area (Å²) in [5.74, 6) is 0. The summed E-state index contributed by atoms with van der Waals surface area (Å²) in [4.78, 5) is 14.5. The van der Waals surface area contributed by atoms with E-state index in [0.717, 1.165) is 21.2 Å². The Morgan fingerprint density at radius 1 is 0.667 bits per heavy atom. The first kappa shape index (κ1) is 20.8. The first-order chi connectivity index (χ1) is 16.2. The third-order valence-corrected chi connectivity index (χ3v) is 10.5. The van der Waals surface area contributed by atoms with Crippen molar-refractivity contribution in [2.75, 3.05) is 0 Å². The first-order valence-electron chi connectivity index (χ1n) is 10.9. The standard InChI is InChI=1S/C28H23N3OSi/c1-22-17-19-23(20-18-22)31-21-27(29-30-31)28(32)33(24-11-5-2-6-12-24,25-13-7-3-8-14-25)26-15-9-4-10-16-26/h2-21H,1H3. The zero-order valence-corrected chi connectivity index (χ0v) is 19.3. The molecule has 0 radical (unpaired) electrons. The fraction of sp³-hybridized carbons (Fsp3) is 0.0357. The van der Waals surface area contributed by atoms with Gasteiger partial charge in [-0.2, -0.15) is 0 Å². The largest absolute Gasteiger partial charge is 0.297 e. The summed E-state index contributed by atoms with van der Waals surface area (Å²) in [7, 11) is -3.12. The molecule has 0 fully saturated rings. The van der Waals surface area contributed by atoms with Crippen molar-refractivity contribution in [3.8, 4) is 5.69 Å². The molecule has 160 valence electrons. The SMILES string of the molecule is Cc1ccc(-n2cc(C(=O)[Si](c3ccccc3)(c3ccccc3)c3ccccc3)nn2)cc1. The Hall–Kier alpha value is -4.09. The van der Waals surface area contributed by atoms with Crippen LogP contribution in [0.2, 0.25) is 0 Å². The molecule has 0 N–H and O–H groups in total. The lowest BCUT2D eigenvalue weighted by Gasteiger charge is -2.31. The predicted molar refractivity (Wildman–Crippen MR) is 134 cm³/mol. The Balaban J connectivity index is 1.73. The summed E-state index contributed by atoms with van der Waals surface area (Å²) in [6, 6.07) is 38.3. The molecule has 5 heteroatoms. The van der Waals surface area contributed by atoms with Gasteiger partial charge in [0.25, 0.3) is 0 Å². The number of hydrogen-bond acceptors (Lipinski definition) is 3. The molecule has 5 aromatic rings. The quantitative estimate of drug-likeness (QED) is 0.297. The fourth-order valence-electron chi connectivity index (χ4n) is 4.34. The molecular formula is C28H23N3OSi. The van der Waals surface area contributed by atoms with Gasteiger partial charge in [-0.15, -0.1) is 5.10 Å². The van der Waals surface area contributed by atoms with Gasteiger partial charge in [0.05, 0.1) is 11.9 Å². The summed E-state index contributed by atoms with van der Waals surface area (Å²) in [5, 5.41) is 11.7. The first-order valence-corrected chi connectivity index (χ1v) is 12.9. The van der Waals surface area contributed by atoms with Crippen molar-refractivity contribution in [2.24, 2.45) is 0 Å². The van der Waals surface area contributed by atoms with Crippen LogP contribution in [-0.2, 0) is 0 Å². The second kappa shape index (κ2) is 8.80. The smallest absolute Gasteiger partial charge is 0.232 e. The van der Waals surface area contributed by atoms with Crippen LogP contribution in [0, 0.1) is 6.92 Å². The molecule has 33 heavy (non-hydrogen) atoms. The number of aromatic nitrogens is 3.